The Morgan fingerprint density at radius 3 is 1.86 bits per heavy atom. The van der Waals surface area contributed by atoms with Crippen LogP contribution >= 0.6 is 0 Å². The van der Waals surface area contributed by atoms with Crippen LogP contribution in [-0.4, -0.2) is 5.97 Å². The molecule has 0 N–H and O–H groups in total. The molecular weight excluding hydrogens is 260 g/mol. The number of hydrogen-bond acceptors (Lipinski definition) is 2. The van der Waals surface area contributed by atoms with Crippen LogP contribution in [0.1, 0.15) is 43.9 Å². The molecule has 0 aliphatic heterocycles. The van der Waals surface area contributed by atoms with Crippen molar-refractivity contribution < 1.29 is 9.53 Å². The molecule has 2 aromatic rings. The monoisotopic (exact) mass is 282 g/mol. The summed E-state index contributed by atoms with van der Waals surface area (Å²) in [6.07, 6.45) is 1.51. The molecule has 2 aromatic carbocycles. The molecule has 0 aliphatic rings. The molecule has 0 aromatic heterocycles. The second-order valence-corrected chi connectivity index (χ2v) is 5.33. The summed E-state index contributed by atoms with van der Waals surface area (Å²) in [5.74, 6) is -0.195. The molecule has 2 heteroatoms. The molecule has 0 saturated heterocycles. The molecule has 1 atom stereocenters. The van der Waals surface area contributed by atoms with Crippen LogP contribution in [0.3, 0.4) is 0 Å². The number of carbonyl (C=O) groups excluding carboxylic acids is 1. The first-order valence-electron chi connectivity index (χ1n) is 7.52. The average Bonchev–Trinajstić information content (AvgIpc) is 2.54. The predicted molar refractivity (Wildman–Crippen MR) is 84.9 cm³/mol. The van der Waals surface area contributed by atoms with Gasteiger partial charge >= 0.3 is 5.97 Å². The molecule has 0 radical (unpaired) electrons. The zero-order chi connectivity index (χ0) is 15.1. The van der Waals surface area contributed by atoms with Crippen LogP contribution in [0.15, 0.2) is 60.7 Å². The summed E-state index contributed by atoms with van der Waals surface area (Å²) in [5.41, 5.74) is 2.00. The number of esters is 1. The largest absolute Gasteiger partial charge is 0.452 e. The maximum atomic E-state index is 12.3. The van der Waals surface area contributed by atoms with Gasteiger partial charge in [-0.25, -0.2) is 0 Å². The Hall–Kier alpha value is -2.09. The van der Waals surface area contributed by atoms with Gasteiger partial charge in [0.25, 0.3) is 0 Å². The summed E-state index contributed by atoms with van der Waals surface area (Å²) in [4.78, 5) is 12.3. The van der Waals surface area contributed by atoms with Crippen LogP contribution in [0.4, 0.5) is 0 Å². The lowest BCUT2D eigenvalue weighted by molar-refractivity contribution is -0.152. The zero-order valence-corrected chi connectivity index (χ0v) is 12.7. The summed E-state index contributed by atoms with van der Waals surface area (Å²) in [6, 6.07) is 19.8. The smallest absolute Gasteiger partial charge is 0.309 e. The minimum absolute atomic E-state index is 0.0649. The van der Waals surface area contributed by atoms with Crippen molar-refractivity contribution in [3.8, 4) is 0 Å². The van der Waals surface area contributed by atoms with E-state index in [1.807, 2.05) is 67.6 Å². The highest BCUT2D eigenvalue weighted by Crippen LogP contribution is 2.27. The number of benzene rings is 2. The predicted octanol–water partition coefficient (Wildman–Crippen LogP) is 4.76. The first-order valence-corrected chi connectivity index (χ1v) is 7.52. The fourth-order valence-electron chi connectivity index (χ4n) is 2.37. The maximum absolute atomic E-state index is 12.3. The Morgan fingerprint density at radius 1 is 0.952 bits per heavy atom. The van der Waals surface area contributed by atoms with E-state index in [1.54, 1.807) is 0 Å². The van der Waals surface area contributed by atoms with E-state index in [0.717, 1.165) is 24.0 Å². The lowest BCUT2D eigenvalue weighted by Crippen LogP contribution is -2.19. The highest BCUT2D eigenvalue weighted by Gasteiger charge is 2.22. The minimum atomic E-state index is -0.334. The molecule has 0 aliphatic carbocycles. The van der Waals surface area contributed by atoms with E-state index in [1.165, 1.54) is 0 Å². The van der Waals surface area contributed by atoms with Gasteiger partial charge in [-0.2, -0.15) is 0 Å². The van der Waals surface area contributed by atoms with Gasteiger partial charge in [0.2, 0.25) is 0 Å². The molecule has 0 unspecified atom stereocenters. The number of rotatable bonds is 6. The molecule has 0 spiro atoms. The minimum Gasteiger partial charge on any atom is -0.452 e. The van der Waals surface area contributed by atoms with E-state index in [4.69, 9.17) is 4.74 Å². The fraction of sp³-hybridized carbons (Fsp3) is 0.316. The van der Waals surface area contributed by atoms with E-state index in [9.17, 15) is 4.79 Å². The third-order valence-corrected chi connectivity index (χ3v) is 3.56. The van der Waals surface area contributed by atoms with E-state index >= 15 is 0 Å². The van der Waals surface area contributed by atoms with Gasteiger partial charge < -0.3 is 4.74 Å². The third-order valence-electron chi connectivity index (χ3n) is 3.56. The first-order chi connectivity index (χ1) is 10.2. The van der Waals surface area contributed by atoms with E-state index < -0.39 is 0 Å². The van der Waals surface area contributed by atoms with E-state index in [2.05, 4.69) is 6.92 Å². The normalized spacial score (nSPS) is 12.1. The van der Waals surface area contributed by atoms with Crippen molar-refractivity contribution in [3.63, 3.8) is 0 Å². The second kappa shape index (κ2) is 7.63. The van der Waals surface area contributed by atoms with Gasteiger partial charge in [-0.1, -0.05) is 80.9 Å². The lowest BCUT2D eigenvalue weighted by Gasteiger charge is -2.21. The van der Waals surface area contributed by atoms with Crippen LogP contribution in [0.25, 0.3) is 0 Å². The number of hydrogen-bond donors (Lipinski definition) is 0. The summed E-state index contributed by atoms with van der Waals surface area (Å²) < 4.78 is 5.80. The topological polar surface area (TPSA) is 26.3 Å². The van der Waals surface area contributed by atoms with Crippen LogP contribution < -0.4 is 0 Å². The van der Waals surface area contributed by atoms with Crippen LogP contribution in [-0.2, 0) is 9.53 Å². The van der Waals surface area contributed by atoms with Crippen LogP contribution in [0.2, 0.25) is 0 Å². The molecule has 2 nitrogen and oxygen atoms in total. The van der Waals surface area contributed by atoms with Crippen molar-refractivity contribution in [2.24, 2.45) is 5.92 Å². The maximum Gasteiger partial charge on any atom is 0.309 e. The van der Waals surface area contributed by atoms with Crippen molar-refractivity contribution in [2.45, 2.75) is 32.8 Å². The molecule has 0 heterocycles. The summed E-state index contributed by atoms with van der Waals surface area (Å²) in [5, 5.41) is 0. The summed E-state index contributed by atoms with van der Waals surface area (Å²) in [7, 11) is 0. The van der Waals surface area contributed by atoms with Gasteiger partial charge in [-0.3, -0.25) is 4.79 Å². The average molecular weight is 282 g/mol. The van der Waals surface area contributed by atoms with Gasteiger partial charge in [0.1, 0.15) is 0 Å². The van der Waals surface area contributed by atoms with Crippen molar-refractivity contribution in [3.05, 3.63) is 71.8 Å². The van der Waals surface area contributed by atoms with Crippen molar-refractivity contribution in [2.75, 3.05) is 0 Å². The highest BCUT2D eigenvalue weighted by atomic mass is 16.5. The van der Waals surface area contributed by atoms with E-state index in [-0.39, 0.29) is 18.0 Å². The Bertz CT molecular complexity index is 509. The summed E-state index contributed by atoms with van der Waals surface area (Å²) in [6.45, 7) is 4.01. The number of ether oxygens (including phenoxy) is 1. The lowest BCUT2D eigenvalue weighted by atomic mass is 10.0. The van der Waals surface area contributed by atoms with Gasteiger partial charge in [0.05, 0.1) is 5.92 Å². The van der Waals surface area contributed by atoms with E-state index in [0.29, 0.717) is 0 Å². The number of carbonyl (C=O) groups is 1. The molecular formula is C19H22O2. The zero-order valence-electron chi connectivity index (χ0n) is 12.7. The molecule has 0 amide bonds. The molecule has 0 fully saturated rings. The molecule has 0 bridgehead atoms. The van der Waals surface area contributed by atoms with Crippen molar-refractivity contribution in [1.82, 2.24) is 0 Å². The van der Waals surface area contributed by atoms with Crippen LogP contribution in [0, 0.1) is 5.92 Å². The molecule has 0 saturated carbocycles. The standard InChI is InChI=1S/C19H22O2/c1-3-10-15(2)19(20)21-18(16-11-6-4-7-12-16)17-13-8-5-9-14-17/h4-9,11-15,18H,3,10H2,1-2H3/t15-/m0/s1. The Morgan fingerprint density at radius 2 is 1.43 bits per heavy atom. The van der Waals surface area contributed by atoms with Gasteiger partial charge in [0, 0.05) is 0 Å². The highest BCUT2D eigenvalue weighted by molar-refractivity contribution is 5.72. The third kappa shape index (κ3) is 4.19. The Labute approximate surface area is 126 Å². The SMILES string of the molecule is CCC[C@H](C)C(=O)OC(c1ccccc1)c1ccccc1. The molecule has 2 rings (SSSR count). The van der Waals surface area contributed by atoms with Crippen molar-refractivity contribution >= 4 is 5.97 Å². The van der Waals surface area contributed by atoms with Crippen LogP contribution in [0.5, 0.6) is 0 Å². The first kappa shape index (κ1) is 15.3. The van der Waals surface area contributed by atoms with Gasteiger partial charge in [-0.05, 0) is 17.5 Å². The second-order valence-electron chi connectivity index (χ2n) is 5.33. The Kier molecular flexibility index (Phi) is 5.56. The molecule has 21 heavy (non-hydrogen) atoms. The Balaban J connectivity index is 2.23. The van der Waals surface area contributed by atoms with Gasteiger partial charge in [0.15, 0.2) is 6.10 Å². The van der Waals surface area contributed by atoms with Gasteiger partial charge in [-0.15, -0.1) is 0 Å². The summed E-state index contributed by atoms with van der Waals surface area (Å²) >= 11 is 0. The van der Waals surface area contributed by atoms with Crippen molar-refractivity contribution in [1.29, 1.82) is 0 Å². The quantitative estimate of drug-likeness (QED) is 0.714. The molecule has 110 valence electrons. The fourth-order valence-corrected chi connectivity index (χ4v) is 2.37.